The first kappa shape index (κ1) is 16.1. The van der Waals surface area contributed by atoms with Crippen LogP contribution in [0.15, 0.2) is 22.9 Å². The van der Waals surface area contributed by atoms with Crippen LogP contribution in [-0.2, 0) is 0 Å². The van der Waals surface area contributed by atoms with Gasteiger partial charge in [-0.05, 0) is 44.7 Å². The Bertz CT molecular complexity index is 753. The number of likely N-dealkylation sites (tertiary alicyclic amines) is 1. The van der Waals surface area contributed by atoms with Gasteiger partial charge in [0.05, 0.1) is 11.5 Å². The minimum atomic E-state index is 0.0485. The van der Waals surface area contributed by atoms with Gasteiger partial charge >= 0.3 is 0 Å². The van der Waals surface area contributed by atoms with Crippen molar-refractivity contribution in [1.82, 2.24) is 20.0 Å². The normalized spacial score (nSPS) is 20.9. The molecule has 0 aliphatic carbocycles. The van der Waals surface area contributed by atoms with Crippen molar-refractivity contribution < 1.29 is 9.32 Å². The number of aromatic nitrogens is 3. The summed E-state index contributed by atoms with van der Waals surface area (Å²) in [5, 5.41) is 3.86. The molecule has 2 aromatic rings. The molecule has 7 heteroatoms. The summed E-state index contributed by atoms with van der Waals surface area (Å²) in [4.78, 5) is 26.0. The lowest BCUT2D eigenvalue weighted by Crippen LogP contribution is -2.34. The van der Waals surface area contributed by atoms with Gasteiger partial charge < -0.3 is 14.3 Å². The largest absolute Gasteiger partial charge is 0.356 e. The molecule has 1 amide bonds. The fourth-order valence-electron chi connectivity index (χ4n) is 3.72. The average Bonchev–Trinajstić information content (AvgIpc) is 3.31. The second kappa shape index (κ2) is 6.82. The quantitative estimate of drug-likeness (QED) is 0.853. The van der Waals surface area contributed by atoms with Crippen LogP contribution in [0.1, 0.15) is 53.7 Å². The van der Waals surface area contributed by atoms with Crippen molar-refractivity contribution in [1.29, 1.82) is 0 Å². The maximum absolute atomic E-state index is 13.1. The molecule has 4 rings (SSSR count). The van der Waals surface area contributed by atoms with E-state index in [1.54, 1.807) is 6.20 Å². The highest BCUT2D eigenvalue weighted by Gasteiger charge is 2.33. The summed E-state index contributed by atoms with van der Waals surface area (Å²) in [6.45, 7) is 5.09. The minimum Gasteiger partial charge on any atom is -0.356 e. The Morgan fingerprint density at radius 2 is 2.08 bits per heavy atom. The molecule has 2 aromatic heterocycles. The molecule has 0 saturated carbocycles. The number of hydrogen-bond acceptors (Lipinski definition) is 6. The molecule has 25 heavy (non-hydrogen) atoms. The molecule has 0 radical (unpaired) electrons. The van der Waals surface area contributed by atoms with Crippen LogP contribution in [0.25, 0.3) is 0 Å². The molecule has 0 unspecified atom stereocenters. The number of piperidine rings is 1. The van der Waals surface area contributed by atoms with Gasteiger partial charge in [0, 0.05) is 32.4 Å². The smallest absolute Gasteiger partial charge is 0.257 e. The lowest BCUT2D eigenvalue weighted by Gasteiger charge is -2.29. The van der Waals surface area contributed by atoms with Gasteiger partial charge in [0.15, 0.2) is 5.82 Å². The van der Waals surface area contributed by atoms with E-state index in [4.69, 9.17) is 4.52 Å². The van der Waals surface area contributed by atoms with E-state index < -0.39 is 0 Å². The van der Waals surface area contributed by atoms with Crippen molar-refractivity contribution >= 4 is 11.7 Å². The van der Waals surface area contributed by atoms with Gasteiger partial charge in [0.1, 0.15) is 5.82 Å². The van der Waals surface area contributed by atoms with E-state index in [1.165, 1.54) is 6.42 Å². The van der Waals surface area contributed by atoms with E-state index in [1.807, 2.05) is 24.0 Å². The first-order valence-electron chi connectivity index (χ1n) is 9.02. The van der Waals surface area contributed by atoms with E-state index in [2.05, 4.69) is 20.0 Å². The monoisotopic (exact) mass is 341 g/mol. The second-order valence-corrected chi connectivity index (χ2v) is 6.84. The number of carbonyl (C=O) groups excluding carboxylic acids is 1. The van der Waals surface area contributed by atoms with Crippen LogP contribution in [0, 0.1) is 6.92 Å². The third-order valence-corrected chi connectivity index (χ3v) is 5.04. The highest BCUT2D eigenvalue weighted by molar-refractivity contribution is 5.99. The molecule has 7 nitrogen and oxygen atoms in total. The van der Waals surface area contributed by atoms with Gasteiger partial charge in [-0.25, -0.2) is 4.98 Å². The predicted molar refractivity (Wildman–Crippen MR) is 92.6 cm³/mol. The van der Waals surface area contributed by atoms with Crippen LogP contribution in [0.2, 0.25) is 0 Å². The van der Waals surface area contributed by atoms with Crippen molar-refractivity contribution in [2.24, 2.45) is 0 Å². The molecule has 2 aliphatic rings. The predicted octanol–water partition coefficient (Wildman–Crippen LogP) is 2.39. The lowest BCUT2D eigenvalue weighted by molar-refractivity contribution is 0.0789. The number of aryl methyl sites for hydroxylation is 1. The van der Waals surface area contributed by atoms with Gasteiger partial charge in [-0.15, -0.1) is 0 Å². The number of rotatable bonds is 3. The molecule has 4 heterocycles. The van der Waals surface area contributed by atoms with Crippen molar-refractivity contribution in [2.45, 2.75) is 38.5 Å². The van der Waals surface area contributed by atoms with E-state index in [-0.39, 0.29) is 11.8 Å². The van der Waals surface area contributed by atoms with Gasteiger partial charge in [-0.2, -0.15) is 4.98 Å². The second-order valence-electron chi connectivity index (χ2n) is 6.84. The third kappa shape index (κ3) is 3.23. The first-order valence-corrected chi connectivity index (χ1v) is 9.02. The number of anilines is 1. The van der Waals surface area contributed by atoms with E-state index in [0.29, 0.717) is 30.4 Å². The van der Waals surface area contributed by atoms with Gasteiger partial charge in [-0.1, -0.05) is 5.16 Å². The Labute approximate surface area is 147 Å². The SMILES string of the molecule is Cc1noc([C@H]2CCN(C(=O)c3cccnc3N3CCCCC3)C2)n1. The summed E-state index contributed by atoms with van der Waals surface area (Å²) in [5.74, 6) is 2.27. The molecular weight excluding hydrogens is 318 g/mol. The molecule has 0 N–H and O–H groups in total. The summed E-state index contributed by atoms with van der Waals surface area (Å²) in [6.07, 6.45) is 6.20. The maximum atomic E-state index is 13.1. The molecule has 0 bridgehead atoms. The summed E-state index contributed by atoms with van der Waals surface area (Å²) in [5.41, 5.74) is 0.701. The Morgan fingerprint density at radius 3 is 2.84 bits per heavy atom. The van der Waals surface area contributed by atoms with Crippen LogP contribution >= 0.6 is 0 Å². The van der Waals surface area contributed by atoms with Crippen LogP contribution in [0.3, 0.4) is 0 Å². The maximum Gasteiger partial charge on any atom is 0.257 e. The fourth-order valence-corrected chi connectivity index (χ4v) is 3.72. The van der Waals surface area contributed by atoms with Crippen molar-refractivity contribution in [3.8, 4) is 0 Å². The topological polar surface area (TPSA) is 75.4 Å². The zero-order valence-electron chi connectivity index (χ0n) is 14.5. The molecule has 0 aromatic carbocycles. The highest BCUT2D eigenvalue weighted by atomic mass is 16.5. The molecule has 2 saturated heterocycles. The highest BCUT2D eigenvalue weighted by Crippen LogP contribution is 2.29. The minimum absolute atomic E-state index is 0.0485. The average molecular weight is 341 g/mol. The summed E-state index contributed by atoms with van der Waals surface area (Å²) in [6, 6.07) is 3.74. The molecule has 132 valence electrons. The van der Waals surface area contributed by atoms with E-state index in [0.717, 1.165) is 38.2 Å². The zero-order valence-corrected chi connectivity index (χ0v) is 14.5. The van der Waals surface area contributed by atoms with E-state index in [9.17, 15) is 4.79 Å². The summed E-state index contributed by atoms with van der Waals surface area (Å²) in [7, 11) is 0. The van der Waals surface area contributed by atoms with Crippen molar-refractivity contribution in [3.05, 3.63) is 35.6 Å². The Kier molecular flexibility index (Phi) is 4.38. The van der Waals surface area contributed by atoms with Gasteiger partial charge in [0.25, 0.3) is 5.91 Å². The Balaban J connectivity index is 1.51. The summed E-state index contributed by atoms with van der Waals surface area (Å²) >= 11 is 0. The third-order valence-electron chi connectivity index (χ3n) is 5.04. The molecule has 2 aliphatic heterocycles. The molecule has 0 spiro atoms. The summed E-state index contributed by atoms with van der Waals surface area (Å²) < 4.78 is 5.28. The number of amides is 1. The number of nitrogens with zero attached hydrogens (tertiary/aromatic N) is 5. The van der Waals surface area contributed by atoms with E-state index >= 15 is 0 Å². The van der Waals surface area contributed by atoms with Crippen molar-refractivity contribution in [2.75, 3.05) is 31.1 Å². The van der Waals surface area contributed by atoms with Crippen LogP contribution in [-0.4, -0.2) is 52.1 Å². The van der Waals surface area contributed by atoms with Gasteiger partial charge in [-0.3, -0.25) is 4.79 Å². The molecule has 1 atom stereocenters. The molecule has 2 fully saturated rings. The fraction of sp³-hybridized carbons (Fsp3) is 0.556. The molecular formula is C18H23N5O2. The van der Waals surface area contributed by atoms with Crippen LogP contribution in [0.5, 0.6) is 0 Å². The van der Waals surface area contributed by atoms with Crippen LogP contribution < -0.4 is 4.90 Å². The lowest BCUT2D eigenvalue weighted by atomic mass is 10.1. The zero-order chi connectivity index (χ0) is 17.2. The number of hydrogen-bond donors (Lipinski definition) is 0. The number of carbonyl (C=O) groups is 1. The Morgan fingerprint density at radius 1 is 1.24 bits per heavy atom. The van der Waals surface area contributed by atoms with Crippen molar-refractivity contribution in [3.63, 3.8) is 0 Å². The Hall–Kier alpha value is -2.44. The first-order chi connectivity index (χ1) is 12.2. The standard InChI is InChI=1S/C18H23N5O2/c1-13-20-17(25-21-13)14-7-11-23(12-14)18(24)15-6-5-8-19-16(15)22-9-3-2-4-10-22/h5-6,8,14H,2-4,7,9-12H2,1H3/t14-/m0/s1. The van der Waals surface area contributed by atoms with Gasteiger partial charge in [0.2, 0.25) is 5.89 Å². The number of pyridine rings is 1. The van der Waals surface area contributed by atoms with Crippen LogP contribution in [0.4, 0.5) is 5.82 Å².